The van der Waals surface area contributed by atoms with Gasteiger partial charge in [0.1, 0.15) is 5.82 Å². The molecule has 2 aromatic carbocycles. The Morgan fingerprint density at radius 2 is 1.45 bits per heavy atom. The van der Waals surface area contributed by atoms with Crippen molar-refractivity contribution < 1.29 is 4.39 Å². The van der Waals surface area contributed by atoms with Gasteiger partial charge in [0.05, 0.1) is 0 Å². The predicted octanol–water partition coefficient (Wildman–Crippen LogP) is 4.21. The van der Waals surface area contributed by atoms with Crippen molar-refractivity contribution in [1.29, 1.82) is 0 Å². The minimum Gasteiger partial charge on any atom is -0.324 e. The van der Waals surface area contributed by atoms with E-state index in [1.807, 2.05) is 38.1 Å². The zero-order chi connectivity index (χ0) is 15.1. The van der Waals surface area contributed by atoms with Crippen LogP contribution in [0, 0.1) is 5.82 Å². The molecule has 0 heterocycles. The van der Waals surface area contributed by atoms with E-state index in [4.69, 9.17) is 23.1 Å². The van der Waals surface area contributed by atoms with Crippen molar-refractivity contribution in [2.75, 3.05) is 0 Å². The van der Waals surface area contributed by atoms with Crippen LogP contribution in [0.5, 0.6) is 0 Å². The smallest absolute Gasteiger partial charge is 0.123 e. The maximum atomic E-state index is 12.3. The van der Waals surface area contributed by atoms with E-state index in [2.05, 4.69) is 0 Å². The number of halogens is 2. The Kier molecular flexibility index (Phi) is 6.65. The third-order valence-corrected chi connectivity index (χ3v) is 3.01. The summed E-state index contributed by atoms with van der Waals surface area (Å²) in [5.74, 6) is -0.218. The Balaban J connectivity index is 0.000000200. The lowest BCUT2D eigenvalue weighted by Gasteiger charge is -2.03. The maximum absolute atomic E-state index is 12.3. The topological polar surface area (TPSA) is 52.0 Å². The Bertz CT molecular complexity index is 524. The van der Waals surface area contributed by atoms with Gasteiger partial charge in [-0.2, -0.15) is 0 Å². The highest BCUT2D eigenvalue weighted by molar-refractivity contribution is 6.30. The van der Waals surface area contributed by atoms with Crippen molar-refractivity contribution in [3.63, 3.8) is 0 Å². The minimum atomic E-state index is -0.218. The fourth-order valence-electron chi connectivity index (χ4n) is 1.56. The second-order valence-corrected chi connectivity index (χ2v) is 5.12. The molecule has 2 nitrogen and oxygen atoms in total. The van der Waals surface area contributed by atoms with Crippen molar-refractivity contribution in [2.45, 2.75) is 25.9 Å². The Hall–Kier alpha value is -1.42. The minimum absolute atomic E-state index is 0.0133. The monoisotopic (exact) mass is 294 g/mol. The van der Waals surface area contributed by atoms with Crippen molar-refractivity contribution >= 4 is 11.6 Å². The van der Waals surface area contributed by atoms with Crippen LogP contribution in [0.3, 0.4) is 0 Å². The first-order valence-electron chi connectivity index (χ1n) is 6.42. The van der Waals surface area contributed by atoms with Crippen LogP contribution in [-0.4, -0.2) is 0 Å². The molecule has 0 aromatic heterocycles. The molecule has 0 amide bonds. The van der Waals surface area contributed by atoms with E-state index in [-0.39, 0.29) is 17.9 Å². The fourth-order valence-corrected chi connectivity index (χ4v) is 1.75. The molecule has 0 aliphatic heterocycles. The van der Waals surface area contributed by atoms with Gasteiger partial charge in [-0.25, -0.2) is 4.39 Å². The van der Waals surface area contributed by atoms with Crippen LogP contribution in [0.2, 0.25) is 5.02 Å². The molecule has 0 saturated heterocycles. The number of benzene rings is 2. The first-order valence-corrected chi connectivity index (χ1v) is 6.80. The SMILES string of the molecule is C[C@@H](N)c1ccc(F)cc1.C[C@@H](N)c1cccc(Cl)c1. The van der Waals surface area contributed by atoms with Crippen LogP contribution in [0.1, 0.15) is 37.1 Å². The second kappa shape index (κ2) is 8.00. The van der Waals surface area contributed by atoms with Crippen LogP contribution in [0.25, 0.3) is 0 Å². The molecule has 2 atom stereocenters. The van der Waals surface area contributed by atoms with Gasteiger partial charge in [0.25, 0.3) is 0 Å². The Morgan fingerprint density at radius 1 is 0.900 bits per heavy atom. The highest BCUT2D eigenvalue weighted by atomic mass is 35.5. The number of hydrogen-bond acceptors (Lipinski definition) is 2. The predicted molar refractivity (Wildman–Crippen MR) is 83.1 cm³/mol. The maximum Gasteiger partial charge on any atom is 0.123 e. The highest BCUT2D eigenvalue weighted by Crippen LogP contribution is 2.14. The molecule has 0 aliphatic carbocycles. The summed E-state index contributed by atoms with van der Waals surface area (Å²) in [6.45, 7) is 3.80. The molecule has 0 spiro atoms. The van der Waals surface area contributed by atoms with Crippen LogP contribution < -0.4 is 11.5 Å². The standard InChI is InChI=1S/C8H10ClN.C8H10FN/c1-6(10)7-3-2-4-8(9)5-7;1-6(10)7-2-4-8(9)5-3-7/h2*2-6H,10H2,1H3/t2*6-/m11/s1. The van der Waals surface area contributed by atoms with Crippen molar-refractivity contribution in [1.82, 2.24) is 0 Å². The van der Waals surface area contributed by atoms with Crippen LogP contribution >= 0.6 is 11.6 Å². The first-order chi connectivity index (χ1) is 9.40. The summed E-state index contributed by atoms with van der Waals surface area (Å²) in [4.78, 5) is 0. The zero-order valence-electron chi connectivity index (χ0n) is 11.7. The molecule has 0 radical (unpaired) electrons. The summed E-state index contributed by atoms with van der Waals surface area (Å²) in [5.41, 5.74) is 13.2. The van der Waals surface area contributed by atoms with Crippen molar-refractivity contribution in [2.24, 2.45) is 11.5 Å². The molecule has 0 fully saturated rings. The molecule has 2 aromatic rings. The average molecular weight is 295 g/mol. The molecule has 4 heteroatoms. The lowest BCUT2D eigenvalue weighted by atomic mass is 10.1. The van der Waals surface area contributed by atoms with E-state index in [0.717, 1.165) is 16.1 Å². The van der Waals surface area contributed by atoms with E-state index in [1.165, 1.54) is 12.1 Å². The first kappa shape index (κ1) is 16.6. The van der Waals surface area contributed by atoms with Gasteiger partial charge >= 0.3 is 0 Å². The number of nitrogens with two attached hydrogens (primary N) is 2. The summed E-state index contributed by atoms with van der Waals surface area (Å²) in [6.07, 6.45) is 0. The Labute approximate surface area is 124 Å². The number of hydrogen-bond donors (Lipinski definition) is 2. The normalized spacial score (nSPS) is 13.1. The van der Waals surface area contributed by atoms with Gasteiger partial charge in [-0.15, -0.1) is 0 Å². The van der Waals surface area contributed by atoms with E-state index in [9.17, 15) is 4.39 Å². The van der Waals surface area contributed by atoms with Gasteiger partial charge in [-0.1, -0.05) is 35.9 Å². The summed E-state index contributed by atoms with van der Waals surface area (Å²) in [6, 6.07) is 13.9. The summed E-state index contributed by atoms with van der Waals surface area (Å²) in [7, 11) is 0. The van der Waals surface area contributed by atoms with Gasteiger partial charge in [-0.05, 0) is 49.2 Å². The quantitative estimate of drug-likeness (QED) is 0.872. The van der Waals surface area contributed by atoms with E-state index in [0.29, 0.717) is 0 Å². The van der Waals surface area contributed by atoms with Crippen molar-refractivity contribution in [3.05, 3.63) is 70.5 Å². The summed E-state index contributed by atoms with van der Waals surface area (Å²) >= 11 is 5.73. The summed E-state index contributed by atoms with van der Waals surface area (Å²) in [5, 5.41) is 0.745. The second-order valence-electron chi connectivity index (χ2n) is 4.68. The molecular weight excluding hydrogens is 275 g/mol. The van der Waals surface area contributed by atoms with Gasteiger partial charge in [-0.3, -0.25) is 0 Å². The molecular formula is C16H20ClFN2. The van der Waals surface area contributed by atoms with Gasteiger partial charge in [0, 0.05) is 17.1 Å². The number of rotatable bonds is 2. The van der Waals surface area contributed by atoms with E-state index in [1.54, 1.807) is 12.1 Å². The van der Waals surface area contributed by atoms with E-state index >= 15 is 0 Å². The van der Waals surface area contributed by atoms with Crippen LogP contribution in [0.4, 0.5) is 4.39 Å². The van der Waals surface area contributed by atoms with Gasteiger partial charge in [0.15, 0.2) is 0 Å². The molecule has 0 saturated carbocycles. The lowest BCUT2D eigenvalue weighted by molar-refractivity contribution is 0.626. The molecule has 0 unspecified atom stereocenters. The highest BCUT2D eigenvalue weighted by Gasteiger charge is 1.97. The van der Waals surface area contributed by atoms with Crippen LogP contribution in [0.15, 0.2) is 48.5 Å². The lowest BCUT2D eigenvalue weighted by Crippen LogP contribution is -2.04. The molecule has 20 heavy (non-hydrogen) atoms. The molecule has 0 bridgehead atoms. The Morgan fingerprint density at radius 3 is 1.85 bits per heavy atom. The van der Waals surface area contributed by atoms with Gasteiger partial charge < -0.3 is 11.5 Å². The molecule has 2 rings (SSSR count). The van der Waals surface area contributed by atoms with E-state index < -0.39 is 0 Å². The average Bonchev–Trinajstić information content (AvgIpc) is 2.40. The third kappa shape index (κ3) is 5.70. The molecule has 4 N–H and O–H groups in total. The largest absolute Gasteiger partial charge is 0.324 e. The van der Waals surface area contributed by atoms with Gasteiger partial charge in [0.2, 0.25) is 0 Å². The zero-order valence-corrected chi connectivity index (χ0v) is 12.4. The molecule has 0 aliphatic rings. The fraction of sp³-hybridized carbons (Fsp3) is 0.250. The summed E-state index contributed by atoms with van der Waals surface area (Å²) < 4.78 is 12.3. The third-order valence-electron chi connectivity index (χ3n) is 2.77. The molecule has 108 valence electrons. The van der Waals surface area contributed by atoms with Crippen molar-refractivity contribution in [3.8, 4) is 0 Å². The van der Waals surface area contributed by atoms with Crippen LogP contribution in [-0.2, 0) is 0 Å².